The summed E-state index contributed by atoms with van der Waals surface area (Å²) in [5, 5.41) is 24.5. The van der Waals surface area contributed by atoms with Crippen molar-refractivity contribution in [2.45, 2.75) is 19.9 Å². The molecule has 8 nitrogen and oxygen atoms in total. The van der Waals surface area contributed by atoms with Gasteiger partial charge in [-0.1, -0.05) is 36.4 Å². The van der Waals surface area contributed by atoms with Gasteiger partial charge in [0.1, 0.15) is 0 Å². The second-order valence-corrected chi connectivity index (χ2v) is 11.7. The molecular weight excluding hydrogens is 575 g/mol. The minimum atomic E-state index is -10.7. The molecule has 0 saturated heterocycles. The van der Waals surface area contributed by atoms with Crippen LogP contribution in [0.25, 0.3) is 22.0 Å². The summed E-state index contributed by atoms with van der Waals surface area (Å²) in [5.41, 5.74) is 1.71. The summed E-state index contributed by atoms with van der Waals surface area (Å²) in [6, 6.07) is 17.1. The molecule has 0 bridgehead atoms. The molecule has 4 aromatic rings. The first kappa shape index (κ1) is 31.5. The molecule has 1 unspecified atom stereocenters. The third-order valence-corrected chi connectivity index (χ3v) is 5.84. The van der Waals surface area contributed by atoms with Crippen LogP contribution in [0.15, 0.2) is 73.2 Å². The number of nitrogens with zero attached hydrogens (tertiary/aromatic N) is 1. The fraction of sp³-hybridized carbons (Fsp3) is 0.231. The van der Waals surface area contributed by atoms with Crippen molar-refractivity contribution in [2.24, 2.45) is 5.41 Å². The number of nitrogens with one attached hydrogen (secondary N) is 4. The Balaban J connectivity index is 0.000000587. The summed E-state index contributed by atoms with van der Waals surface area (Å²) < 4.78 is 59.2. The van der Waals surface area contributed by atoms with Crippen LogP contribution in [0.5, 0.6) is 0 Å². The normalized spacial score (nSPS) is 14.2. The van der Waals surface area contributed by atoms with E-state index in [1.807, 2.05) is 54.6 Å². The molecule has 2 amide bonds. The fourth-order valence-electron chi connectivity index (χ4n) is 3.65. The molecule has 1 atom stereocenters. The van der Waals surface area contributed by atoms with E-state index in [1.54, 1.807) is 26.2 Å². The summed E-state index contributed by atoms with van der Waals surface area (Å²) in [6.07, 6.45) is 5.05. The second-order valence-electron chi connectivity index (χ2n) is 9.79. The number of aromatic amines is 2. The molecule has 5 N–H and O–H groups in total. The van der Waals surface area contributed by atoms with Gasteiger partial charge in [-0.3, -0.25) is 14.7 Å². The number of fused-ring (bicyclic) bond motifs is 1. The van der Waals surface area contributed by atoms with Gasteiger partial charge in [-0.2, -0.15) is 5.10 Å². The van der Waals surface area contributed by atoms with Crippen molar-refractivity contribution in [3.63, 3.8) is 0 Å². The van der Waals surface area contributed by atoms with E-state index in [-0.39, 0.29) is 25.0 Å². The van der Waals surface area contributed by atoms with Gasteiger partial charge in [-0.25, -0.2) is 4.98 Å². The maximum absolute atomic E-state index is 13.3. The van der Waals surface area contributed by atoms with E-state index in [4.69, 9.17) is 0 Å². The Bertz CT molecular complexity index is 1520. The number of hydrogen-bond donors (Lipinski definition) is 4. The molecular formula is C26H28F6N5O3P. The second kappa shape index (κ2) is 11.1. The zero-order chi connectivity index (χ0) is 30.5. The molecule has 2 aromatic carbocycles. The van der Waals surface area contributed by atoms with E-state index in [0.29, 0.717) is 11.3 Å². The first-order chi connectivity index (χ1) is 18.8. The number of pyridine rings is 1. The number of carbonyl (C=O) groups is 2. The number of benzene rings is 2. The summed E-state index contributed by atoms with van der Waals surface area (Å²) in [6.45, 7) is 3.22. The summed E-state index contributed by atoms with van der Waals surface area (Å²) in [7, 11) is -10.7. The SMILES string of the molecule is CC(C)(CO)C(=O)NCC(NC(=O)c1cn[nH]c1-c1ccc[nH+]c1)c1ccc2ccccc2c1.F[P-](F)(F)(F)(F)F. The van der Waals surface area contributed by atoms with Gasteiger partial charge < -0.3 is 15.7 Å². The molecule has 15 heteroatoms. The first-order valence-corrected chi connectivity index (χ1v) is 14.1. The van der Waals surface area contributed by atoms with Crippen LogP contribution in [0.4, 0.5) is 25.2 Å². The van der Waals surface area contributed by atoms with E-state index < -0.39 is 19.3 Å². The molecule has 0 aliphatic rings. The molecule has 2 aromatic heterocycles. The van der Waals surface area contributed by atoms with Crippen molar-refractivity contribution in [1.82, 2.24) is 20.8 Å². The number of H-pyrrole nitrogens is 2. The minimum absolute atomic E-state index is 0.165. The van der Waals surface area contributed by atoms with Crippen molar-refractivity contribution in [2.75, 3.05) is 13.2 Å². The van der Waals surface area contributed by atoms with E-state index in [2.05, 4.69) is 25.8 Å². The van der Waals surface area contributed by atoms with E-state index in [0.717, 1.165) is 21.9 Å². The third-order valence-electron chi connectivity index (χ3n) is 5.84. The zero-order valence-electron chi connectivity index (χ0n) is 21.8. The van der Waals surface area contributed by atoms with Gasteiger partial charge in [-0.15, -0.1) is 0 Å². The van der Waals surface area contributed by atoms with E-state index in [1.165, 1.54) is 6.20 Å². The number of aliphatic hydroxyl groups excluding tert-OH is 1. The summed E-state index contributed by atoms with van der Waals surface area (Å²) in [4.78, 5) is 28.9. The van der Waals surface area contributed by atoms with Gasteiger partial charge in [0, 0.05) is 12.6 Å². The number of aromatic nitrogens is 3. The topological polar surface area (TPSA) is 121 Å². The molecule has 41 heavy (non-hydrogen) atoms. The van der Waals surface area contributed by atoms with Gasteiger partial charge >= 0.3 is 33.0 Å². The fourth-order valence-corrected chi connectivity index (χ4v) is 3.65. The van der Waals surface area contributed by atoms with Crippen LogP contribution in [-0.4, -0.2) is 40.3 Å². The van der Waals surface area contributed by atoms with Gasteiger partial charge in [0.15, 0.2) is 12.4 Å². The van der Waals surface area contributed by atoms with E-state index >= 15 is 0 Å². The molecule has 2 heterocycles. The van der Waals surface area contributed by atoms with Crippen LogP contribution in [-0.2, 0) is 4.79 Å². The van der Waals surface area contributed by atoms with Crippen LogP contribution in [0.2, 0.25) is 0 Å². The zero-order valence-corrected chi connectivity index (χ0v) is 22.7. The van der Waals surface area contributed by atoms with Gasteiger partial charge in [0.25, 0.3) is 5.91 Å². The van der Waals surface area contributed by atoms with Gasteiger partial charge in [0.05, 0.1) is 41.1 Å². The van der Waals surface area contributed by atoms with Crippen molar-refractivity contribution >= 4 is 30.4 Å². The van der Waals surface area contributed by atoms with Crippen molar-refractivity contribution < 1.29 is 44.9 Å². The van der Waals surface area contributed by atoms with Crippen LogP contribution >= 0.6 is 7.81 Å². The summed E-state index contributed by atoms with van der Waals surface area (Å²) >= 11 is 0. The predicted molar refractivity (Wildman–Crippen MR) is 142 cm³/mol. The van der Waals surface area contributed by atoms with Crippen molar-refractivity contribution in [3.8, 4) is 11.3 Å². The monoisotopic (exact) mass is 603 g/mol. The molecule has 0 aliphatic heterocycles. The Morgan fingerprint density at radius 1 is 1.02 bits per heavy atom. The molecule has 0 fully saturated rings. The molecule has 222 valence electrons. The van der Waals surface area contributed by atoms with Crippen molar-refractivity contribution in [3.05, 3.63) is 84.3 Å². The molecule has 4 rings (SSSR count). The standard InChI is InChI=1S/C26H27N5O3.F6P/c1-26(2,16-32)25(34)28-15-22(19-10-9-17-6-3-4-7-18(17)12-19)30-24(33)21-14-29-31-23(21)20-8-5-11-27-13-20;1-7(2,3,4,5)6/h3-14,22,32H,15-16H2,1-2H3,(H,28,34)(H,29,31)(H,30,33);/q;-1/p+1. The predicted octanol–water partition coefficient (Wildman–Crippen LogP) is 6.03. The molecule has 0 radical (unpaired) electrons. The van der Waals surface area contributed by atoms with Crippen molar-refractivity contribution in [1.29, 1.82) is 0 Å². The van der Waals surface area contributed by atoms with Gasteiger partial charge in [-0.05, 0) is 42.3 Å². The number of halogens is 6. The van der Waals surface area contributed by atoms with Crippen LogP contribution in [0.3, 0.4) is 0 Å². The van der Waals surface area contributed by atoms with Crippen LogP contribution in [0, 0.1) is 5.41 Å². The third kappa shape index (κ3) is 10.1. The Hall–Kier alpha value is -4.03. The Labute approximate surface area is 230 Å². The first-order valence-electron chi connectivity index (χ1n) is 12.1. The van der Waals surface area contributed by atoms with Crippen LogP contribution < -0.4 is 15.6 Å². The number of carbonyl (C=O) groups excluding carboxylic acids is 2. The summed E-state index contributed by atoms with van der Waals surface area (Å²) in [5.74, 6) is -0.611. The average Bonchev–Trinajstić information content (AvgIpc) is 3.39. The average molecular weight is 604 g/mol. The maximum atomic E-state index is 13.3. The number of rotatable bonds is 8. The molecule has 0 spiro atoms. The number of hydrogen-bond acceptors (Lipinski definition) is 4. The molecule has 0 saturated carbocycles. The Morgan fingerprint density at radius 2 is 1.68 bits per heavy atom. The van der Waals surface area contributed by atoms with E-state index in [9.17, 15) is 39.9 Å². The Morgan fingerprint density at radius 3 is 2.29 bits per heavy atom. The Kier molecular flexibility index (Phi) is 8.52. The van der Waals surface area contributed by atoms with Crippen LogP contribution in [0.1, 0.15) is 35.8 Å². The number of aliphatic hydroxyl groups is 1. The van der Waals surface area contributed by atoms with Gasteiger partial charge in [0.2, 0.25) is 5.91 Å². The quantitative estimate of drug-likeness (QED) is 0.145. The number of amides is 2. The molecule has 0 aliphatic carbocycles.